The van der Waals surface area contributed by atoms with E-state index >= 15 is 0 Å². The molecule has 0 aliphatic heterocycles. The molecule has 3 heteroatoms. The Morgan fingerprint density at radius 1 is 1.29 bits per heavy atom. The molecule has 3 nitrogen and oxygen atoms in total. The fourth-order valence-corrected chi connectivity index (χ4v) is 1.70. The van der Waals surface area contributed by atoms with E-state index < -0.39 is 0 Å². The monoisotopic (exact) mass is 230 g/mol. The van der Waals surface area contributed by atoms with Crippen molar-refractivity contribution in [3.8, 4) is 6.07 Å². The lowest BCUT2D eigenvalue weighted by Gasteiger charge is -2.12. The maximum absolute atomic E-state index is 11.8. The van der Waals surface area contributed by atoms with Gasteiger partial charge in [-0.15, -0.1) is 0 Å². The van der Waals surface area contributed by atoms with Crippen molar-refractivity contribution in [2.75, 3.05) is 5.32 Å². The first-order valence-electron chi connectivity index (χ1n) is 5.98. The van der Waals surface area contributed by atoms with Gasteiger partial charge in [0.05, 0.1) is 12.5 Å². The maximum atomic E-state index is 11.8. The molecule has 0 aliphatic carbocycles. The second-order valence-corrected chi connectivity index (χ2v) is 4.03. The largest absolute Gasteiger partial charge is 0.326 e. The van der Waals surface area contributed by atoms with Crippen LogP contribution in [0.3, 0.4) is 0 Å². The van der Waals surface area contributed by atoms with Crippen LogP contribution in [0.2, 0.25) is 0 Å². The SMILES string of the molecule is CCC(CC)C(=O)Nc1ccc(CC#N)cc1. The maximum Gasteiger partial charge on any atom is 0.227 e. The van der Waals surface area contributed by atoms with Gasteiger partial charge in [0, 0.05) is 11.6 Å². The highest BCUT2D eigenvalue weighted by Gasteiger charge is 2.13. The van der Waals surface area contributed by atoms with E-state index in [4.69, 9.17) is 5.26 Å². The normalized spacial score (nSPS) is 10.0. The fourth-order valence-electron chi connectivity index (χ4n) is 1.70. The van der Waals surface area contributed by atoms with Crippen LogP contribution in [-0.4, -0.2) is 5.91 Å². The lowest BCUT2D eigenvalue weighted by molar-refractivity contribution is -0.120. The van der Waals surface area contributed by atoms with Gasteiger partial charge in [-0.2, -0.15) is 5.26 Å². The van der Waals surface area contributed by atoms with Crippen LogP contribution in [0.5, 0.6) is 0 Å². The third-order valence-electron chi connectivity index (χ3n) is 2.86. The summed E-state index contributed by atoms with van der Waals surface area (Å²) in [6.07, 6.45) is 2.12. The van der Waals surface area contributed by atoms with Crippen molar-refractivity contribution in [1.29, 1.82) is 5.26 Å². The van der Waals surface area contributed by atoms with E-state index in [1.54, 1.807) is 0 Å². The van der Waals surface area contributed by atoms with Crippen LogP contribution in [0.25, 0.3) is 0 Å². The number of amides is 1. The van der Waals surface area contributed by atoms with Gasteiger partial charge in [-0.25, -0.2) is 0 Å². The average molecular weight is 230 g/mol. The Bertz CT molecular complexity index is 399. The third kappa shape index (κ3) is 3.92. The fraction of sp³-hybridized carbons (Fsp3) is 0.429. The van der Waals surface area contributed by atoms with Crippen molar-refractivity contribution < 1.29 is 4.79 Å². The summed E-state index contributed by atoms with van der Waals surface area (Å²) in [6.45, 7) is 4.04. The molecular weight excluding hydrogens is 212 g/mol. The summed E-state index contributed by atoms with van der Waals surface area (Å²) in [5.74, 6) is 0.150. The van der Waals surface area contributed by atoms with Gasteiger partial charge in [0.15, 0.2) is 0 Å². The van der Waals surface area contributed by atoms with Crippen molar-refractivity contribution in [2.45, 2.75) is 33.1 Å². The summed E-state index contributed by atoms with van der Waals surface area (Å²) < 4.78 is 0. The van der Waals surface area contributed by atoms with E-state index in [-0.39, 0.29) is 11.8 Å². The number of carbonyl (C=O) groups excluding carboxylic acids is 1. The zero-order valence-electron chi connectivity index (χ0n) is 10.4. The van der Waals surface area contributed by atoms with Crippen LogP contribution in [0, 0.1) is 17.2 Å². The Labute approximate surface area is 102 Å². The molecule has 0 aromatic heterocycles. The first kappa shape index (κ1) is 13.2. The molecule has 1 amide bonds. The van der Waals surface area contributed by atoms with Gasteiger partial charge >= 0.3 is 0 Å². The highest BCUT2D eigenvalue weighted by atomic mass is 16.1. The number of nitrogens with zero attached hydrogens (tertiary/aromatic N) is 1. The van der Waals surface area contributed by atoms with Crippen molar-refractivity contribution in [3.05, 3.63) is 29.8 Å². The average Bonchev–Trinajstić information content (AvgIpc) is 2.33. The number of nitriles is 1. The second-order valence-electron chi connectivity index (χ2n) is 4.03. The molecule has 0 unspecified atom stereocenters. The van der Waals surface area contributed by atoms with Crippen molar-refractivity contribution in [3.63, 3.8) is 0 Å². The lowest BCUT2D eigenvalue weighted by atomic mass is 10.0. The summed E-state index contributed by atoms with van der Waals surface area (Å²) in [6, 6.07) is 9.51. The van der Waals surface area contributed by atoms with Gasteiger partial charge in [-0.1, -0.05) is 26.0 Å². The number of nitrogens with one attached hydrogen (secondary N) is 1. The van der Waals surface area contributed by atoms with Crippen molar-refractivity contribution >= 4 is 11.6 Å². The first-order valence-corrected chi connectivity index (χ1v) is 5.98. The number of hydrogen-bond acceptors (Lipinski definition) is 2. The van der Waals surface area contributed by atoms with Crippen LogP contribution in [-0.2, 0) is 11.2 Å². The molecule has 0 fully saturated rings. The lowest BCUT2D eigenvalue weighted by Crippen LogP contribution is -2.21. The van der Waals surface area contributed by atoms with E-state index in [1.807, 2.05) is 38.1 Å². The minimum Gasteiger partial charge on any atom is -0.326 e. The van der Waals surface area contributed by atoms with E-state index in [9.17, 15) is 4.79 Å². The number of anilines is 1. The topological polar surface area (TPSA) is 52.9 Å². The van der Waals surface area contributed by atoms with Crippen LogP contribution in [0.1, 0.15) is 32.3 Å². The Morgan fingerprint density at radius 3 is 2.35 bits per heavy atom. The molecule has 90 valence electrons. The standard InChI is InChI=1S/C14H18N2O/c1-3-12(4-2)14(17)16-13-7-5-11(6-8-13)9-10-15/h5-8,12H,3-4,9H2,1-2H3,(H,16,17). The Balaban J connectivity index is 2.63. The van der Waals surface area contributed by atoms with E-state index in [2.05, 4.69) is 11.4 Å². The minimum absolute atomic E-state index is 0.0723. The summed E-state index contributed by atoms with van der Waals surface area (Å²) in [7, 11) is 0. The molecule has 0 spiro atoms. The van der Waals surface area contributed by atoms with E-state index in [0.29, 0.717) is 6.42 Å². The Morgan fingerprint density at radius 2 is 1.88 bits per heavy atom. The van der Waals surface area contributed by atoms with Crippen LogP contribution in [0.15, 0.2) is 24.3 Å². The number of rotatable bonds is 5. The Hall–Kier alpha value is -1.82. The first-order chi connectivity index (χ1) is 8.21. The summed E-state index contributed by atoms with van der Waals surface area (Å²) in [5.41, 5.74) is 1.76. The van der Waals surface area contributed by atoms with Gasteiger partial charge < -0.3 is 5.32 Å². The molecule has 0 atom stereocenters. The van der Waals surface area contributed by atoms with Crippen LogP contribution < -0.4 is 5.32 Å². The number of benzene rings is 1. The molecular formula is C14H18N2O. The molecule has 0 aliphatic rings. The smallest absolute Gasteiger partial charge is 0.227 e. The number of hydrogen-bond donors (Lipinski definition) is 1. The predicted octanol–water partition coefficient (Wildman–Crippen LogP) is 3.13. The van der Waals surface area contributed by atoms with Gasteiger partial charge in [0.25, 0.3) is 0 Å². The minimum atomic E-state index is 0.0723. The molecule has 0 bridgehead atoms. The molecule has 1 aromatic rings. The highest BCUT2D eigenvalue weighted by molar-refractivity contribution is 5.92. The predicted molar refractivity (Wildman–Crippen MR) is 68.5 cm³/mol. The van der Waals surface area contributed by atoms with Crippen molar-refractivity contribution in [2.24, 2.45) is 5.92 Å². The van der Waals surface area contributed by atoms with Gasteiger partial charge in [-0.3, -0.25) is 4.79 Å². The molecule has 0 saturated heterocycles. The molecule has 0 heterocycles. The van der Waals surface area contributed by atoms with Gasteiger partial charge in [0.2, 0.25) is 5.91 Å². The summed E-state index contributed by atoms with van der Waals surface area (Å²) in [4.78, 5) is 11.8. The highest BCUT2D eigenvalue weighted by Crippen LogP contribution is 2.14. The summed E-state index contributed by atoms with van der Waals surface area (Å²) in [5, 5.41) is 11.4. The van der Waals surface area contributed by atoms with Gasteiger partial charge in [-0.05, 0) is 30.5 Å². The molecule has 0 radical (unpaired) electrons. The van der Waals surface area contributed by atoms with Crippen LogP contribution >= 0.6 is 0 Å². The molecule has 1 rings (SSSR count). The molecule has 1 aromatic carbocycles. The summed E-state index contributed by atoms with van der Waals surface area (Å²) >= 11 is 0. The van der Waals surface area contributed by atoms with Crippen molar-refractivity contribution in [1.82, 2.24) is 0 Å². The van der Waals surface area contributed by atoms with E-state index in [1.165, 1.54) is 0 Å². The molecule has 0 saturated carbocycles. The van der Waals surface area contributed by atoms with Gasteiger partial charge in [0.1, 0.15) is 0 Å². The Kier molecular flexibility index (Phi) is 5.22. The zero-order valence-corrected chi connectivity index (χ0v) is 10.4. The zero-order chi connectivity index (χ0) is 12.7. The number of carbonyl (C=O) groups is 1. The molecule has 17 heavy (non-hydrogen) atoms. The molecule has 1 N–H and O–H groups in total. The quantitative estimate of drug-likeness (QED) is 0.844. The van der Waals surface area contributed by atoms with Crippen LogP contribution in [0.4, 0.5) is 5.69 Å². The van der Waals surface area contributed by atoms with E-state index in [0.717, 1.165) is 24.1 Å². The second kappa shape index (κ2) is 6.70. The third-order valence-corrected chi connectivity index (χ3v) is 2.86.